The molecule has 1 amide bonds. The van der Waals surface area contributed by atoms with E-state index in [1.54, 1.807) is 0 Å². The highest BCUT2D eigenvalue weighted by Gasteiger charge is 2.34. The topological polar surface area (TPSA) is 57.6 Å². The number of carbonyl (C=O) groups is 2. The van der Waals surface area contributed by atoms with E-state index < -0.39 is 36.9 Å². The van der Waals surface area contributed by atoms with Crippen molar-refractivity contribution in [3.8, 4) is 0 Å². The molecule has 0 unspecified atom stereocenters. The Morgan fingerprint density at radius 3 is 2.47 bits per heavy atom. The third-order valence-electron chi connectivity index (χ3n) is 2.73. The van der Waals surface area contributed by atoms with Crippen molar-refractivity contribution in [1.82, 2.24) is 4.90 Å². The quantitative estimate of drug-likeness (QED) is 0.834. The van der Waals surface area contributed by atoms with E-state index in [4.69, 9.17) is 5.11 Å². The third-order valence-corrected chi connectivity index (χ3v) is 2.73. The summed E-state index contributed by atoms with van der Waals surface area (Å²) in [5.41, 5.74) is 0. The number of alkyl halides is 3. The third kappa shape index (κ3) is 4.24. The molecule has 17 heavy (non-hydrogen) atoms. The van der Waals surface area contributed by atoms with E-state index >= 15 is 0 Å². The van der Waals surface area contributed by atoms with Gasteiger partial charge in [0, 0.05) is 13.0 Å². The van der Waals surface area contributed by atoms with E-state index in [-0.39, 0.29) is 6.54 Å². The molecule has 0 aliphatic carbocycles. The van der Waals surface area contributed by atoms with Crippen LogP contribution in [0.5, 0.6) is 0 Å². The van der Waals surface area contributed by atoms with Gasteiger partial charge in [0.25, 0.3) is 0 Å². The largest absolute Gasteiger partial charge is 0.480 e. The lowest BCUT2D eigenvalue weighted by molar-refractivity contribution is -0.157. The zero-order valence-electron chi connectivity index (χ0n) is 9.16. The Morgan fingerprint density at radius 2 is 1.94 bits per heavy atom. The molecule has 0 aromatic rings. The maximum absolute atomic E-state index is 12.0. The van der Waals surface area contributed by atoms with E-state index in [1.165, 1.54) is 0 Å². The summed E-state index contributed by atoms with van der Waals surface area (Å²) in [5.74, 6) is -1.88. The van der Waals surface area contributed by atoms with E-state index in [0.29, 0.717) is 19.3 Å². The Kier molecular flexibility index (Phi) is 4.36. The molecule has 98 valence electrons. The number of piperidine rings is 1. The molecule has 0 aromatic carbocycles. The van der Waals surface area contributed by atoms with Gasteiger partial charge in [-0.3, -0.25) is 4.79 Å². The summed E-state index contributed by atoms with van der Waals surface area (Å²) in [6.07, 6.45) is -4.62. The molecule has 0 spiro atoms. The molecular weight excluding hydrogens is 239 g/mol. The predicted molar refractivity (Wildman–Crippen MR) is 52.3 cm³/mol. The fourth-order valence-corrected chi connectivity index (χ4v) is 1.88. The van der Waals surface area contributed by atoms with Gasteiger partial charge in [-0.15, -0.1) is 0 Å². The van der Waals surface area contributed by atoms with Crippen molar-refractivity contribution < 1.29 is 27.9 Å². The fraction of sp³-hybridized carbons (Fsp3) is 0.800. The molecule has 1 saturated heterocycles. The van der Waals surface area contributed by atoms with Crippen molar-refractivity contribution in [3.05, 3.63) is 0 Å². The lowest BCUT2D eigenvalue weighted by Gasteiger charge is -2.33. The van der Waals surface area contributed by atoms with Crippen LogP contribution in [0.1, 0.15) is 32.1 Å². The highest BCUT2D eigenvalue weighted by Crippen LogP contribution is 2.24. The molecule has 1 atom stereocenters. The number of carboxylic acid groups (broad SMARTS) is 1. The van der Waals surface area contributed by atoms with Crippen LogP contribution in [0, 0.1) is 0 Å². The van der Waals surface area contributed by atoms with Gasteiger partial charge in [-0.25, -0.2) is 4.79 Å². The van der Waals surface area contributed by atoms with Gasteiger partial charge in [0.1, 0.15) is 6.04 Å². The molecule has 0 aromatic heterocycles. The average molecular weight is 253 g/mol. The first-order chi connectivity index (χ1) is 7.81. The van der Waals surface area contributed by atoms with Gasteiger partial charge in [0.15, 0.2) is 0 Å². The van der Waals surface area contributed by atoms with Crippen molar-refractivity contribution in [2.75, 3.05) is 6.54 Å². The smallest absolute Gasteiger partial charge is 0.389 e. The number of nitrogens with zero attached hydrogens (tertiary/aromatic N) is 1. The first kappa shape index (κ1) is 13.8. The molecule has 1 heterocycles. The van der Waals surface area contributed by atoms with Crippen LogP contribution in [0.4, 0.5) is 13.2 Å². The summed E-state index contributed by atoms with van der Waals surface area (Å²) in [6, 6.07) is -0.968. The molecule has 1 aliphatic rings. The number of amides is 1. The standard InChI is InChI=1S/C10H14F3NO3/c11-10(12,13)5-4-8(15)14-6-2-1-3-7(14)9(16)17/h7H,1-6H2,(H,16,17)/t7-/m1/s1. The summed E-state index contributed by atoms with van der Waals surface area (Å²) < 4.78 is 35.9. The average Bonchev–Trinajstić information content (AvgIpc) is 2.25. The fourth-order valence-electron chi connectivity index (χ4n) is 1.88. The van der Waals surface area contributed by atoms with Gasteiger partial charge in [-0.05, 0) is 19.3 Å². The van der Waals surface area contributed by atoms with Crippen LogP contribution in [0.25, 0.3) is 0 Å². The summed E-state index contributed by atoms with van der Waals surface area (Å²) in [5, 5.41) is 8.87. The Balaban J connectivity index is 2.56. The maximum Gasteiger partial charge on any atom is 0.389 e. The molecule has 4 nitrogen and oxygen atoms in total. The SMILES string of the molecule is O=C(O)[C@H]1CCCCN1C(=O)CCC(F)(F)F. The van der Waals surface area contributed by atoms with E-state index in [0.717, 1.165) is 4.90 Å². The Bertz CT molecular complexity index is 304. The number of hydrogen-bond acceptors (Lipinski definition) is 2. The normalized spacial score (nSPS) is 21.4. The predicted octanol–water partition coefficient (Wildman–Crippen LogP) is 1.79. The first-order valence-corrected chi connectivity index (χ1v) is 5.40. The highest BCUT2D eigenvalue weighted by atomic mass is 19.4. The zero-order valence-corrected chi connectivity index (χ0v) is 9.16. The van der Waals surface area contributed by atoms with Gasteiger partial charge in [0.05, 0.1) is 6.42 Å². The number of hydrogen-bond donors (Lipinski definition) is 1. The molecule has 7 heteroatoms. The minimum Gasteiger partial charge on any atom is -0.480 e. The van der Waals surface area contributed by atoms with Gasteiger partial charge in [0.2, 0.25) is 5.91 Å². The Morgan fingerprint density at radius 1 is 1.29 bits per heavy atom. The molecule has 0 radical (unpaired) electrons. The highest BCUT2D eigenvalue weighted by molar-refractivity contribution is 5.83. The Hall–Kier alpha value is -1.27. The summed E-state index contributed by atoms with van der Waals surface area (Å²) in [4.78, 5) is 23.4. The molecule has 1 rings (SSSR count). The van der Waals surface area contributed by atoms with Crippen LogP contribution < -0.4 is 0 Å². The second kappa shape index (κ2) is 5.37. The number of carboxylic acids is 1. The number of halogens is 3. The molecule has 1 fully saturated rings. The van der Waals surface area contributed by atoms with Crippen molar-refractivity contribution in [2.24, 2.45) is 0 Å². The summed E-state index contributed by atoms with van der Waals surface area (Å²) in [6.45, 7) is 0.230. The second-order valence-corrected chi connectivity index (χ2v) is 4.05. The van der Waals surface area contributed by atoms with Crippen LogP contribution in [0.2, 0.25) is 0 Å². The van der Waals surface area contributed by atoms with Crippen LogP contribution >= 0.6 is 0 Å². The first-order valence-electron chi connectivity index (χ1n) is 5.40. The second-order valence-electron chi connectivity index (χ2n) is 4.05. The minimum absolute atomic E-state index is 0.230. The monoisotopic (exact) mass is 253 g/mol. The maximum atomic E-state index is 12.0. The molecule has 1 N–H and O–H groups in total. The van der Waals surface area contributed by atoms with Crippen molar-refractivity contribution in [1.29, 1.82) is 0 Å². The van der Waals surface area contributed by atoms with Crippen LogP contribution in [0.15, 0.2) is 0 Å². The zero-order chi connectivity index (χ0) is 13.1. The van der Waals surface area contributed by atoms with Gasteiger partial charge < -0.3 is 10.0 Å². The lowest BCUT2D eigenvalue weighted by atomic mass is 10.0. The van der Waals surface area contributed by atoms with Crippen molar-refractivity contribution >= 4 is 11.9 Å². The minimum atomic E-state index is -4.38. The lowest BCUT2D eigenvalue weighted by Crippen LogP contribution is -2.48. The Labute approximate surface area is 96.4 Å². The van der Waals surface area contributed by atoms with E-state index in [1.807, 2.05) is 0 Å². The van der Waals surface area contributed by atoms with E-state index in [2.05, 4.69) is 0 Å². The van der Waals surface area contributed by atoms with Gasteiger partial charge in [-0.2, -0.15) is 13.2 Å². The number of likely N-dealkylation sites (tertiary alicyclic amines) is 1. The van der Waals surface area contributed by atoms with Crippen LogP contribution in [-0.4, -0.2) is 40.6 Å². The number of rotatable bonds is 3. The van der Waals surface area contributed by atoms with Gasteiger partial charge >= 0.3 is 12.1 Å². The molecule has 0 bridgehead atoms. The molecule has 0 saturated carbocycles. The number of aliphatic carboxylic acids is 1. The summed E-state index contributed by atoms with van der Waals surface area (Å²) >= 11 is 0. The van der Waals surface area contributed by atoms with Crippen molar-refractivity contribution in [3.63, 3.8) is 0 Å². The van der Waals surface area contributed by atoms with E-state index in [9.17, 15) is 22.8 Å². The van der Waals surface area contributed by atoms with Gasteiger partial charge in [-0.1, -0.05) is 0 Å². The molecular formula is C10H14F3NO3. The van der Waals surface area contributed by atoms with Crippen LogP contribution in [0.3, 0.4) is 0 Å². The molecule has 1 aliphatic heterocycles. The summed E-state index contributed by atoms with van der Waals surface area (Å²) in [7, 11) is 0. The number of carbonyl (C=O) groups excluding carboxylic acids is 1. The van der Waals surface area contributed by atoms with Crippen molar-refractivity contribution in [2.45, 2.75) is 44.3 Å². The van der Waals surface area contributed by atoms with Crippen LogP contribution in [-0.2, 0) is 9.59 Å².